The van der Waals surface area contributed by atoms with E-state index in [4.69, 9.17) is 0 Å². The van der Waals surface area contributed by atoms with Crippen LogP contribution < -0.4 is 0 Å². The number of amidine groups is 1. The first-order valence-corrected chi connectivity index (χ1v) is 5.46. The van der Waals surface area contributed by atoms with Crippen molar-refractivity contribution in [3.05, 3.63) is 35.9 Å². The van der Waals surface area contributed by atoms with Crippen LogP contribution in [0, 0.1) is 0 Å². The molecule has 0 aromatic heterocycles. The molecule has 0 amide bonds. The molecule has 1 aromatic carbocycles. The lowest BCUT2D eigenvalue weighted by Gasteiger charge is -2.34. The number of rotatable bonds is 1. The molecule has 2 heteroatoms. The molecule has 2 nitrogen and oxygen atoms in total. The zero-order valence-electron chi connectivity index (χ0n) is 9.70. The molecule has 0 unspecified atom stereocenters. The van der Waals surface area contributed by atoms with Crippen LogP contribution in [0.5, 0.6) is 0 Å². The molecule has 0 N–H and O–H groups in total. The van der Waals surface area contributed by atoms with E-state index >= 15 is 0 Å². The molecule has 1 heterocycles. The van der Waals surface area contributed by atoms with Gasteiger partial charge in [0, 0.05) is 17.6 Å². The van der Waals surface area contributed by atoms with Crippen LogP contribution in [0.25, 0.3) is 0 Å². The van der Waals surface area contributed by atoms with Crippen LogP contribution in [0.2, 0.25) is 0 Å². The smallest absolute Gasteiger partial charge is 0.131 e. The molecule has 1 aliphatic heterocycles. The van der Waals surface area contributed by atoms with Crippen molar-refractivity contribution in [3.63, 3.8) is 0 Å². The van der Waals surface area contributed by atoms with Gasteiger partial charge in [-0.2, -0.15) is 0 Å². The molecule has 80 valence electrons. The average molecular weight is 202 g/mol. The molecule has 1 aliphatic rings. The van der Waals surface area contributed by atoms with E-state index in [2.05, 4.69) is 54.9 Å². The van der Waals surface area contributed by atoms with Crippen molar-refractivity contribution in [2.45, 2.75) is 26.3 Å². The first-order chi connectivity index (χ1) is 7.09. The molecular weight excluding hydrogens is 184 g/mol. The van der Waals surface area contributed by atoms with E-state index in [1.165, 1.54) is 5.56 Å². The SMILES string of the molecule is CC(C)(C)N1CCN=C1c1ccccc1. The lowest BCUT2D eigenvalue weighted by atomic mass is 10.0. The molecule has 0 spiro atoms. The summed E-state index contributed by atoms with van der Waals surface area (Å²) in [6, 6.07) is 10.4. The van der Waals surface area contributed by atoms with Gasteiger partial charge in [0.05, 0.1) is 6.54 Å². The van der Waals surface area contributed by atoms with Gasteiger partial charge in [0.15, 0.2) is 0 Å². The van der Waals surface area contributed by atoms with Gasteiger partial charge in [0.25, 0.3) is 0 Å². The Morgan fingerprint density at radius 2 is 1.80 bits per heavy atom. The first kappa shape index (κ1) is 10.2. The van der Waals surface area contributed by atoms with E-state index in [0.29, 0.717) is 0 Å². The number of hydrogen-bond acceptors (Lipinski definition) is 2. The highest BCUT2D eigenvalue weighted by atomic mass is 15.3. The first-order valence-electron chi connectivity index (χ1n) is 5.46. The van der Waals surface area contributed by atoms with Crippen molar-refractivity contribution in [1.29, 1.82) is 0 Å². The van der Waals surface area contributed by atoms with Crippen LogP contribution in [-0.4, -0.2) is 29.4 Å². The highest BCUT2D eigenvalue weighted by molar-refractivity contribution is 6.00. The number of nitrogens with zero attached hydrogens (tertiary/aromatic N) is 2. The minimum absolute atomic E-state index is 0.158. The quantitative estimate of drug-likeness (QED) is 0.683. The zero-order chi connectivity index (χ0) is 10.9. The molecular formula is C13H18N2. The van der Waals surface area contributed by atoms with Gasteiger partial charge < -0.3 is 4.90 Å². The predicted octanol–water partition coefficient (Wildman–Crippen LogP) is 2.55. The summed E-state index contributed by atoms with van der Waals surface area (Å²) in [6.07, 6.45) is 0. The third-order valence-corrected chi connectivity index (χ3v) is 2.68. The summed E-state index contributed by atoms with van der Waals surface area (Å²) in [5.41, 5.74) is 1.38. The largest absolute Gasteiger partial charge is 0.350 e. The van der Waals surface area contributed by atoms with Gasteiger partial charge in [-0.15, -0.1) is 0 Å². The average Bonchev–Trinajstić information content (AvgIpc) is 2.67. The molecule has 0 radical (unpaired) electrons. The normalized spacial score (nSPS) is 16.7. The second-order valence-electron chi connectivity index (χ2n) is 4.89. The molecule has 0 saturated carbocycles. The monoisotopic (exact) mass is 202 g/mol. The topological polar surface area (TPSA) is 15.6 Å². The minimum atomic E-state index is 0.158. The Labute approximate surface area is 91.6 Å². The van der Waals surface area contributed by atoms with Crippen LogP contribution in [0.1, 0.15) is 26.3 Å². The molecule has 0 bridgehead atoms. The third-order valence-electron chi connectivity index (χ3n) is 2.68. The van der Waals surface area contributed by atoms with Crippen molar-refractivity contribution in [1.82, 2.24) is 4.90 Å². The molecule has 0 saturated heterocycles. The lowest BCUT2D eigenvalue weighted by Crippen LogP contribution is -2.44. The molecule has 2 rings (SSSR count). The van der Waals surface area contributed by atoms with Gasteiger partial charge >= 0.3 is 0 Å². The highest BCUT2D eigenvalue weighted by Gasteiger charge is 2.28. The fourth-order valence-electron chi connectivity index (χ4n) is 1.93. The number of hydrogen-bond donors (Lipinski definition) is 0. The Morgan fingerprint density at radius 1 is 1.13 bits per heavy atom. The van der Waals surface area contributed by atoms with E-state index in [1.54, 1.807) is 0 Å². The van der Waals surface area contributed by atoms with E-state index in [0.717, 1.165) is 18.9 Å². The number of aliphatic imine (C=N–C) groups is 1. The van der Waals surface area contributed by atoms with Crippen LogP contribution in [-0.2, 0) is 0 Å². The van der Waals surface area contributed by atoms with Gasteiger partial charge in [-0.3, -0.25) is 4.99 Å². The van der Waals surface area contributed by atoms with Crippen LogP contribution in [0.3, 0.4) is 0 Å². The van der Waals surface area contributed by atoms with Gasteiger partial charge in [-0.25, -0.2) is 0 Å². The molecule has 0 fully saturated rings. The van der Waals surface area contributed by atoms with Gasteiger partial charge in [0.2, 0.25) is 0 Å². The Kier molecular flexibility index (Phi) is 2.51. The summed E-state index contributed by atoms with van der Waals surface area (Å²) in [5, 5.41) is 0. The van der Waals surface area contributed by atoms with E-state index < -0.39 is 0 Å². The Morgan fingerprint density at radius 3 is 2.40 bits per heavy atom. The van der Waals surface area contributed by atoms with Crippen molar-refractivity contribution in [2.75, 3.05) is 13.1 Å². The predicted molar refractivity (Wildman–Crippen MR) is 64.3 cm³/mol. The second-order valence-corrected chi connectivity index (χ2v) is 4.89. The highest BCUT2D eigenvalue weighted by Crippen LogP contribution is 2.21. The third kappa shape index (κ3) is 2.04. The Balaban J connectivity index is 2.30. The molecule has 0 aliphatic carbocycles. The fraction of sp³-hybridized carbons (Fsp3) is 0.462. The van der Waals surface area contributed by atoms with Crippen molar-refractivity contribution in [3.8, 4) is 0 Å². The van der Waals surface area contributed by atoms with E-state index in [1.807, 2.05) is 6.07 Å². The lowest BCUT2D eigenvalue weighted by molar-refractivity contribution is 0.258. The van der Waals surface area contributed by atoms with Crippen LogP contribution in [0.15, 0.2) is 35.3 Å². The molecule has 1 aromatic rings. The summed E-state index contributed by atoms with van der Waals surface area (Å²) < 4.78 is 0. The standard InChI is InChI=1S/C13H18N2/c1-13(2,3)15-10-9-14-12(15)11-7-5-4-6-8-11/h4-8H,9-10H2,1-3H3. The summed E-state index contributed by atoms with van der Waals surface area (Å²) >= 11 is 0. The maximum Gasteiger partial charge on any atom is 0.131 e. The summed E-state index contributed by atoms with van der Waals surface area (Å²) in [6.45, 7) is 8.65. The zero-order valence-corrected chi connectivity index (χ0v) is 9.70. The van der Waals surface area contributed by atoms with Crippen LogP contribution in [0.4, 0.5) is 0 Å². The van der Waals surface area contributed by atoms with Crippen molar-refractivity contribution >= 4 is 5.84 Å². The molecule has 15 heavy (non-hydrogen) atoms. The summed E-state index contributed by atoms with van der Waals surface area (Å²) in [7, 11) is 0. The Bertz CT molecular complexity index is 360. The van der Waals surface area contributed by atoms with E-state index in [-0.39, 0.29) is 5.54 Å². The van der Waals surface area contributed by atoms with Crippen molar-refractivity contribution < 1.29 is 0 Å². The number of benzene rings is 1. The van der Waals surface area contributed by atoms with Gasteiger partial charge in [0.1, 0.15) is 5.84 Å². The fourth-order valence-corrected chi connectivity index (χ4v) is 1.93. The van der Waals surface area contributed by atoms with Gasteiger partial charge in [-0.05, 0) is 20.8 Å². The summed E-state index contributed by atoms with van der Waals surface area (Å²) in [4.78, 5) is 6.97. The minimum Gasteiger partial charge on any atom is -0.350 e. The van der Waals surface area contributed by atoms with Crippen LogP contribution >= 0.6 is 0 Å². The summed E-state index contributed by atoms with van der Waals surface area (Å²) in [5.74, 6) is 1.14. The van der Waals surface area contributed by atoms with Crippen molar-refractivity contribution in [2.24, 2.45) is 4.99 Å². The maximum atomic E-state index is 4.60. The maximum absolute atomic E-state index is 4.60. The van der Waals surface area contributed by atoms with E-state index in [9.17, 15) is 0 Å². The second kappa shape index (κ2) is 3.69. The van der Waals surface area contributed by atoms with Gasteiger partial charge in [-0.1, -0.05) is 30.3 Å². The molecule has 0 atom stereocenters. The Hall–Kier alpha value is -1.31.